The minimum atomic E-state index is -0.518. The van der Waals surface area contributed by atoms with E-state index in [2.05, 4.69) is 18.2 Å². The van der Waals surface area contributed by atoms with Gasteiger partial charge in [0.05, 0.1) is 29.4 Å². The van der Waals surface area contributed by atoms with Crippen LogP contribution in [0.25, 0.3) is 0 Å². The molecule has 0 aliphatic carbocycles. The highest BCUT2D eigenvalue weighted by molar-refractivity contribution is 6.35. The van der Waals surface area contributed by atoms with Crippen molar-refractivity contribution in [3.05, 3.63) is 93.5 Å². The Balaban J connectivity index is 1.66. The van der Waals surface area contributed by atoms with Crippen LogP contribution in [0.5, 0.6) is 11.5 Å². The average molecular weight is 425 g/mol. The fourth-order valence-corrected chi connectivity index (χ4v) is 4.57. The van der Waals surface area contributed by atoms with Crippen LogP contribution in [0.1, 0.15) is 35.4 Å². The van der Waals surface area contributed by atoms with Crippen molar-refractivity contribution in [3.8, 4) is 11.5 Å². The predicted molar refractivity (Wildman–Crippen MR) is 115 cm³/mol. The molecule has 0 spiro atoms. The van der Waals surface area contributed by atoms with Crippen LogP contribution >= 0.6 is 23.2 Å². The lowest BCUT2D eigenvalue weighted by molar-refractivity contribution is -0.0202. The summed E-state index contributed by atoms with van der Waals surface area (Å²) in [5, 5.41) is 7.94. The Morgan fingerprint density at radius 3 is 2.59 bits per heavy atom. The molecular formula is C23H18Cl2N2O2. The number of ether oxygens (including phenoxy) is 2. The summed E-state index contributed by atoms with van der Waals surface area (Å²) < 4.78 is 12.0. The van der Waals surface area contributed by atoms with Crippen LogP contribution in [0.4, 0.5) is 0 Å². The zero-order chi connectivity index (χ0) is 20.0. The van der Waals surface area contributed by atoms with E-state index in [0.29, 0.717) is 15.8 Å². The molecule has 146 valence electrons. The van der Waals surface area contributed by atoms with E-state index in [1.54, 1.807) is 19.2 Å². The smallest absolute Gasteiger partial charge is 0.218 e. The molecule has 2 aliphatic rings. The first kappa shape index (κ1) is 18.3. The number of fused-ring (bicyclic) bond motifs is 3. The fraction of sp³-hybridized carbons (Fsp3) is 0.174. The van der Waals surface area contributed by atoms with Gasteiger partial charge in [0.15, 0.2) is 0 Å². The number of methoxy groups -OCH3 is 1. The number of hydrogen-bond donors (Lipinski definition) is 0. The van der Waals surface area contributed by atoms with Gasteiger partial charge >= 0.3 is 0 Å². The van der Waals surface area contributed by atoms with E-state index in [1.165, 1.54) is 0 Å². The Bertz CT molecular complexity index is 1100. The third-order valence-corrected chi connectivity index (χ3v) is 5.86. The van der Waals surface area contributed by atoms with E-state index in [-0.39, 0.29) is 6.04 Å². The Morgan fingerprint density at radius 1 is 1.03 bits per heavy atom. The van der Waals surface area contributed by atoms with Crippen molar-refractivity contribution in [1.82, 2.24) is 5.01 Å². The highest BCUT2D eigenvalue weighted by atomic mass is 35.5. The molecule has 3 aromatic carbocycles. The molecule has 0 aromatic heterocycles. The number of hydrazone groups is 1. The third-order valence-electron chi connectivity index (χ3n) is 5.33. The first-order valence-electron chi connectivity index (χ1n) is 9.35. The zero-order valence-electron chi connectivity index (χ0n) is 15.7. The molecule has 4 nitrogen and oxygen atoms in total. The SMILES string of the molecule is COc1cc(Cl)cc(Cl)c1[C@H]1Oc2ccccc2[C@H]2CC(c3ccccc3)=NN21. The molecular weight excluding hydrogens is 407 g/mol. The van der Waals surface area contributed by atoms with Crippen molar-refractivity contribution in [1.29, 1.82) is 0 Å². The van der Waals surface area contributed by atoms with Gasteiger partial charge in [0, 0.05) is 17.0 Å². The summed E-state index contributed by atoms with van der Waals surface area (Å²) in [6.45, 7) is 0. The number of nitrogens with zero attached hydrogens (tertiary/aromatic N) is 2. The van der Waals surface area contributed by atoms with Gasteiger partial charge in [-0.2, -0.15) is 5.10 Å². The fourth-order valence-electron chi connectivity index (χ4n) is 4.00. The monoisotopic (exact) mass is 424 g/mol. The highest BCUT2D eigenvalue weighted by Gasteiger charge is 2.42. The van der Waals surface area contributed by atoms with Gasteiger partial charge in [0.2, 0.25) is 6.23 Å². The van der Waals surface area contributed by atoms with Crippen molar-refractivity contribution >= 4 is 28.9 Å². The molecule has 0 N–H and O–H groups in total. The maximum atomic E-state index is 6.60. The molecule has 0 fully saturated rings. The first-order valence-corrected chi connectivity index (χ1v) is 10.1. The Labute approximate surface area is 179 Å². The van der Waals surface area contributed by atoms with Gasteiger partial charge in [-0.15, -0.1) is 0 Å². The first-order chi connectivity index (χ1) is 14.2. The van der Waals surface area contributed by atoms with Gasteiger partial charge in [-0.25, -0.2) is 5.01 Å². The Hall–Kier alpha value is -2.69. The minimum Gasteiger partial charge on any atom is -0.496 e. The molecule has 2 aliphatic heterocycles. The summed E-state index contributed by atoms with van der Waals surface area (Å²) in [7, 11) is 1.60. The minimum absolute atomic E-state index is 0.0524. The molecule has 0 saturated heterocycles. The lowest BCUT2D eigenvalue weighted by Crippen LogP contribution is -2.34. The number of para-hydroxylation sites is 1. The van der Waals surface area contributed by atoms with Crippen molar-refractivity contribution in [2.75, 3.05) is 7.11 Å². The lowest BCUT2D eigenvalue weighted by atomic mass is 9.96. The average Bonchev–Trinajstić information content (AvgIpc) is 3.19. The number of hydrogen-bond acceptors (Lipinski definition) is 4. The summed E-state index contributed by atoms with van der Waals surface area (Å²) in [4.78, 5) is 0. The van der Waals surface area contributed by atoms with Crippen LogP contribution in [-0.4, -0.2) is 17.8 Å². The van der Waals surface area contributed by atoms with Crippen LogP contribution in [-0.2, 0) is 0 Å². The summed E-state index contributed by atoms with van der Waals surface area (Å²) in [6.07, 6.45) is 0.268. The molecule has 5 rings (SSSR count). The van der Waals surface area contributed by atoms with Crippen LogP contribution < -0.4 is 9.47 Å². The van der Waals surface area contributed by atoms with Crippen molar-refractivity contribution in [2.45, 2.75) is 18.7 Å². The largest absolute Gasteiger partial charge is 0.496 e. The quantitative estimate of drug-likeness (QED) is 0.498. The summed E-state index contributed by atoms with van der Waals surface area (Å²) in [5.74, 6) is 1.41. The molecule has 2 heterocycles. The van der Waals surface area contributed by atoms with Gasteiger partial charge in [-0.1, -0.05) is 71.7 Å². The second kappa shape index (κ2) is 7.29. The topological polar surface area (TPSA) is 34.1 Å². The number of rotatable bonds is 3. The molecule has 6 heteroatoms. The number of halogens is 2. The van der Waals surface area contributed by atoms with E-state index in [0.717, 1.165) is 34.6 Å². The van der Waals surface area contributed by atoms with Crippen molar-refractivity contribution in [2.24, 2.45) is 5.10 Å². The lowest BCUT2D eigenvalue weighted by Gasteiger charge is -2.38. The molecule has 2 atom stereocenters. The Kier molecular flexibility index (Phi) is 4.61. The van der Waals surface area contributed by atoms with Crippen molar-refractivity contribution < 1.29 is 9.47 Å². The summed E-state index contributed by atoms with van der Waals surface area (Å²) in [5.41, 5.74) is 3.95. The highest BCUT2D eigenvalue weighted by Crippen LogP contribution is 2.50. The van der Waals surface area contributed by atoms with E-state index in [1.807, 2.05) is 41.4 Å². The normalized spacial score (nSPS) is 19.8. The zero-order valence-corrected chi connectivity index (χ0v) is 17.2. The standard InChI is InChI=1S/C23H18Cl2N2O2/c1-28-21-12-15(24)11-17(25)22(21)23-27-19(16-9-5-6-10-20(16)29-23)13-18(26-27)14-7-3-2-4-8-14/h2-12,19,23H,13H2,1H3/t19-,23-/m1/s1. The maximum absolute atomic E-state index is 6.60. The molecule has 0 unspecified atom stereocenters. The summed E-state index contributed by atoms with van der Waals surface area (Å²) in [6, 6.07) is 21.8. The van der Waals surface area contributed by atoms with Crippen LogP contribution in [0.3, 0.4) is 0 Å². The summed E-state index contributed by atoms with van der Waals surface area (Å²) >= 11 is 12.8. The molecule has 0 bridgehead atoms. The van der Waals surface area contributed by atoms with Crippen LogP contribution in [0.2, 0.25) is 10.0 Å². The predicted octanol–water partition coefficient (Wildman–Crippen LogP) is 6.24. The van der Waals surface area contributed by atoms with Crippen molar-refractivity contribution in [3.63, 3.8) is 0 Å². The molecule has 0 amide bonds. The second-order valence-corrected chi connectivity index (χ2v) is 7.87. The Morgan fingerprint density at radius 2 is 1.79 bits per heavy atom. The molecule has 29 heavy (non-hydrogen) atoms. The second-order valence-electron chi connectivity index (χ2n) is 7.02. The van der Waals surface area contributed by atoms with Gasteiger partial charge in [-0.3, -0.25) is 0 Å². The van der Waals surface area contributed by atoms with E-state index >= 15 is 0 Å². The van der Waals surface area contributed by atoms with Gasteiger partial charge in [0.25, 0.3) is 0 Å². The van der Waals surface area contributed by atoms with Gasteiger partial charge in [0.1, 0.15) is 11.5 Å². The van der Waals surface area contributed by atoms with Gasteiger partial charge in [-0.05, 0) is 23.8 Å². The van der Waals surface area contributed by atoms with Gasteiger partial charge < -0.3 is 9.47 Å². The van der Waals surface area contributed by atoms with E-state index < -0.39 is 6.23 Å². The number of benzene rings is 3. The van der Waals surface area contributed by atoms with Crippen LogP contribution in [0.15, 0.2) is 71.8 Å². The maximum Gasteiger partial charge on any atom is 0.218 e. The van der Waals surface area contributed by atoms with E-state index in [9.17, 15) is 0 Å². The molecule has 0 radical (unpaired) electrons. The van der Waals surface area contributed by atoms with E-state index in [4.69, 9.17) is 37.8 Å². The third kappa shape index (κ3) is 3.13. The molecule has 3 aromatic rings. The molecule has 0 saturated carbocycles. The van der Waals surface area contributed by atoms with Crippen LogP contribution in [0, 0.1) is 0 Å².